The first-order chi connectivity index (χ1) is 19.7. The van der Waals surface area contributed by atoms with E-state index >= 15 is 0 Å². The Morgan fingerprint density at radius 1 is 1.05 bits per heavy atom. The number of halogens is 1. The molecule has 0 bridgehead atoms. The molecule has 8 nitrogen and oxygen atoms in total. The first kappa shape index (κ1) is 34.9. The molecule has 0 spiro atoms. The molecule has 3 aliphatic rings. The number of rotatable bonds is 10. The van der Waals surface area contributed by atoms with Gasteiger partial charge in [-0.1, -0.05) is 49.6 Å². The summed E-state index contributed by atoms with van der Waals surface area (Å²) in [6.07, 6.45) is 7.70. The highest BCUT2D eigenvalue weighted by Crippen LogP contribution is 2.28. The van der Waals surface area contributed by atoms with Crippen LogP contribution in [0.2, 0.25) is 0 Å². The Morgan fingerprint density at radius 3 is 2.40 bits per heavy atom. The zero-order valence-corrected chi connectivity index (χ0v) is 27.8. The Labute approximate surface area is 266 Å². The number of nitrogens with zero attached hydrogens (tertiary/aromatic N) is 2. The predicted octanol–water partition coefficient (Wildman–Crippen LogP) is 5.30. The molecule has 1 aromatic carbocycles. The maximum atomic E-state index is 13.8. The van der Waals surface area contributed by atoms with E-state index < -0.39 is 23.8 Å². The number of likely N-dealkylation sites (tertiary alicyclic amines) is 1. The summed E-state index contributed by atoms with van der Waals surface area (Å²) in [5.41, 5.74) is 0.621. The maximum absolute atomic E-state index is 13.8. The number of piperidine rings is 1. The highest BCUT2D eigenvalue weighted by atomic mass is 35.5. The van der Waals surface area contributed by atoms with Crippen molar-refractivity contribution in [1.82, 2.24) is 20.4 Å². The van der Waals surface area contributed by atoms with Gasteiger partial charge in [0.25, 0.3) is 0 Å². The SMILES string of the molecule is CC(C)(C)OC(=O)N1CSC[C@H]1C(=O)N[C@@H](CSCC1CCCCC1)C(=O)N1CCC(NCc2ccccc2)CC1.Cl. The van der Waals surface area contributed by atoms with Crippen molar-refractivity contribution in [3.63, 3.8) is 0 Å². The zero-order valence-electron chi connectivity index (χ0n) is 25.3. The fraction of sp³-hybridized carbons (Fsp3) is 0.710. The second-order valence-electron chi connectivity index (χ2n) is 12.5. The smallest absolute Gasteiger partial charge is 0.411 e. The summed E-state index contributed by atoms with van der Waals surface area (Å²) in [4.78, 5) is 43.5. The van der Waals surface area contributed by atoms with Crippen LogP contribution in [-0.2, 0) is 20.9 Å². The van der Waals surface area contributed by atoms with Gasteiger partial charge in [-0.05, 0) is 63.7 Å². The number of hydrogen-bond acceptors (Lipinski definition) is 7. The normalized spacial score (nSPS) is 21.0. The number of ether oxygens (including phenoxy) is 1. The lowest BCUT2D eigenvalue weighted by atomic mass is 9.91. The van der Waals surface area contributed by atoms with E-state index in [9.17, 15) is 14.4 Å². The number of nitrogens with one attached hydrogen (secondary N) is 2. The molecule has 2 N–H and O–H groups in total. The van der Waals surface area contributed by atoms with Gasteiger partial charge in [-0.25, -0.2) is 4.79 Å². The number of benzene rings is 1. The summed E-state index contributed by atoms with van der Waals surface area (Å²) < 4.78 is 5.55. The van der Waals surface area contributed by atoms with Gasteiger partial charge in [-0.15, -0.1) is 24.2 Å². The molecule has 2 heterocycles. The zero-order chi connectivity index (χ0) is 29.2. The fourth-order valence-electron chi connectivity index (χ4n) is 5.69. The van der Waals surface area contributed by atoms with Crippen LogP contribution in [0.1, 0.15) is 71.3 Å². The van der Waals surface area contributed by atoms with E-state index in [0.29, 0.717) is 42.4 Å². The van der Waals surface area contributed by atoms with Gasteiger partial charge in [-0.2, -0.15) is 11.8 Å². The highest BCUT2D eigenvalue weighted by molar-refractivity contribution is 7.99. The fourth-order valence-corrected chi connectivity index (χ4v) is 8.10. The minimum Gasteiger partial charge on any atom is -0.444 e. The first-order valence-corrected chi connectivity index (χ1v) is 17.5. The largest absolute Gasteiger partial charge is 0.444 e. The van der Waals surface area contributed by atoms with Crippen molar-refractivity contribution in [2.45, 2.75) is 96.0 Å². The van der Waals surface area contributed by atoms with E-state index in [1.807, 2.05) is 31.7 Å². The van der Waals surface area contributed by atoms with E-state index in [1.165, 1.54) is 54.3 Å². The second kappa shape index (κ2) is 17.0. The van der Waals surface area contributed by atoms with Gasteiger partial charge >= 0.3 is 6.09 Å². The topological polar surface area (TPSA) is 91.0 Å². The minimum absolute atomic E-state index is 0. The van der Waals surface area contributed by atoms with Gasteiger partial charge in [0.05, 0.1) is 5.88 Å². The van der Waals surface area contributed by atoms with Crippen LogP contribution in [0.15, 0.2) is 30.3 Å². The Morgan fingerprint density at radius 2 is 1.74 bits per heavy atom. The van der Waals surface area contributed by atoms with Crippen molar-refractivity contribution < 1.29 is 19.1 Å². The van der Waals surface area contributed by atoms with Crippen LogP contribution in [0.5, 0.6) is 0 Å². The lowest BCUT2D eigenvalue weighted by molar-refractivity contribution is -0.137. The summed E-state index contributed by atoms with van der Waals surface area (Å²) in [7, 11) is 0. The molecule has 4 rings (SSSR count). The summed E-state index contributed by atoms with van der Waals surface area (Å²) in [5, 5.41) is 6.70. The average Bonchev–Trinajstić information content (AvgIpc) is 3.46. The van der Waals surface area contributed by atoms with E-state index in [0.717, 1.165) is 25.1 Å². The van der Waals surface area contributed by atoms with Gasteiger partial charge in [0.1, 0.15) is 17.7 Å². The molecule has 0 aromatic heterocycles. The molecule has 0 radical (unpaired) electrons. The summed E-state index contributed by atoms with van der Waals surface area (Å²) in [6, 6.07) is 9.50. The number of amides is 3. The van der Waals surface area contributed by atoms with Gasteiger partial charge < -0.3 is 20.3 Å². The lowest BCUT2D eigenvalue weighted by Gasteiger charge is -2.35. The molecule has 236 valence electrons. The summed E-state index contributed by atoms with van der Waals surface area (Å²) in [5.74, 6) is 2.90. The molecule has 2 atom stereocenters. The van der Waals surface area contributed by atoms with Gasteiger partial charge in [0, 0.05) is 37.2 Å². The van der Waals surface area contributed by atoms with Crippen molar-refractivity contribution in [3.8, 4) is 0 Å². The van der Waals surface area contributed by atoms with Crippen LogP contribution in [0.4, 0.5) is 4.79 Å². The van der Waals surface area contributed by atoms with E-state index in [2.05, 4.69) is 34.9 Å². The number of thioether (sulfide) groups is 2. The van der Waals surface area contributed by atoms with Crippen molar-refractivity contribution >= 4 is 53.8 Å². The standard InChI is InChI=1S/C31H48N4O4S2.ClH/c1-31(2,3)39-30(38)35-22-41-21-27(35)28(36)33-26(20-40-19-24-12-8-5-9-13-24)29(37)34-16-14-25(15-17-34)32-18-23-10-6-4-7-11-23;/h4,6-7,10-11,24-27,32H,5,8-9,12-22H2,1-3H3,(H,33,36);1H/t26-,27-;/m0./s1. The molecule has 1 aliphatic carbocycles. The van der Waals surface area contributed by atoms with Crippen molar-refractivity contribution in [2.24, 2.45) is 5.92 Å². The van der Waals surface area contributed by atoms with Crippen molar-refractivity contribution in [2.75, 3.05) is 36.2 Å². The third-order valence-electron chi connectivity index (χ3n) is 8.03. The number of carbonyl (C=O) groups is 3. The van der Waals surface area contributed by atoms with Gasteiger partial charge in [0.15, 0.2) is 0 Å². The Kier molecular flexibility index (Phi) is 14.1. The van der Waals surface area contributed by atoms with Crippen molar-refractivity contribution in [3.05, 3.63) is 35.9 Å². The second-order valence-corrected chi connectivity index (χ2v) is 14.6. The van der Waals surface area contributed by atoms with E-state index in [-0.39, 0.29) is 24.2 Å². The van der Waals surface area contributed by atoms with Crippen LogP contribution in [-0.4, -0.2) is 87.7 Å². The number of carbonyl (C=O) groups excluding carboxylic acids is 3. The minimum atomic E-state index is -0.638. The Bertz CT molecular complexity index is 998. The molecular formula is C31H49ClN4O4S2. The lowest BCUT2D eigenvalue weighted by Crippen LogP contribution is -2.57. The van der Waals surface area contributed by atoms with E-state index in [4.69, 9.17) is 4.74 Å². The van der Waals surface area contributed by atoms with Crippen LogP contribution in [0.25, 0.3) is 0 Å². The molecule has 1 saturated carbocycles. The molecule has 2 saturated heterocycles. The maximum Gasteiger partial charge on any atom is 0.411 e. The first-order valence-electron chi connectivity index (χ1n) is 15.2. The summed E-state index contributed by atoms with van der Waals surface area (Å²) in [6.45, 7) is 7.64. The van der Waals surface area contributed by atoms with Gasteiger partial charge in [-0.3, -0.25) is 14.5 Å². The molecule has 3 amide bonds. The molecule has 2 aliphatic heterocycles. The molecule has 42 heavy (non-hydrogen) atoms. The third-order valence-corrected chi connectivity index (χ3v) is 10.3. The quantitative estimate of drug-likeness (QED) is 0.359. The van der Waals surface area contributed by atoms with Crippen LogP contribution in [0, 0.1) is 5.92 Å². The molecule has 0 unspecified atom stereocenters. The monoisotopic (exact) mass is 640 g/mol. The molecule has 11 heteroatoms. The Hall–Kier alpha value is -1.62. The molecular weight excluding hydrogens is 592 g/mol. The van der Waals surface area contributed by atoms with Crippen LogP contribution in [0.3, 0.4) is 0 Å². The van der Waals surface area contributed by atoms with E-state index in [1.54, 1.807) is 11.8 Å². The van der Waals surface area contributed by atoms with Crippen LogP contribution >= 0.6 is 35.9 Å². The molecule has 1 aromatic rings. The number of hydrogen-bond donors (Lipinski definition) is 2. The predicted molar refractivity (Wildman–Crippen MR) is 175 cm³/mol. The highest BCUT2D eigenvalue weighted by Gasteiger charge is 2.39. The molecule has 3 fully saturated rings. The Balaban J connectivity index is 0.00000484. The van der Waals surface area contributed by atoms with Crippen molar-refractivity contribution in [1.29, 1.82) is 0 Å². The van der Waals surface area contributed by atoms with Crippen LogP contribution < -0.4 is 10.6 Å². The van der Waals surface area contributed by atoms with Gasteiger partial charge in [0.2, 0.25) is 11.8 Å². The third kappa shape index (κ3) is 10.8. The average molecular weight is 641 g/mol. The summed E-state index contributed by atoms with van der Waals surface area (Å²) >= 11 is 3.31.